The summed E-state index contributed by atoms with van der Waals surface area (Å²) in [7, 11) is 0. The Kier molecular flexibility index (Phi) is 4.32. The van der Waals surface area contributed by atoms with Crippen LogP contribution in [0.3, 0.4) is 0 Å². The third kappa shape index (κ3) is 3.33. The van der Waals surface area contributed by atoms with Gasteiger partial charge in [-0.25, -0.2) is 0 Å². The normalized spacial score (nSPS) is 14.1. The first-order valence-electron chi connectivity index (χ1n) is 8.24. The van der Waals surface area contributed by atoms with Gasteiger partial charge in [0.1, 0.15) is 5.58 Å². The minimum absolute atomic E-state index is 0.121. The van der Waals surface area contributed by atoms with Crippen LogP contribution < -0.4 is 0 Å². The first-order chi connectivity index (χ1) is 12.2. The van der Waals surface area contributed by atoms with Crippen LogP contribution in [0, 0.1) is 6.92 Å². The minimum Gasteiger partial charge on any atom is -0.451 e. The molecule has 0 N–H and O–H groups in total. The van der Waals surface area contributed by atoms with Crippen molar-refractivity contribution in [2.24, 2.45) is 4.99 Å². The van der Waals surface area contributed by atoms with Gasteiger partial charge in [0.15, 0.2) is 10.9 Å². The lowest BCUT2D eigenvalue weighted by Crippen LogP contribution is -2.32. The molecule has 1 aromatic heterocycles. The summed E-state index contributed by atoms with van der Waals surface area (Å²) < 4.78 is 5.71. The van der Waals surface area contributed by atoms with Gasteiger partial charge in [0.05, 0.1) is 6.54 Å². The minimum atomic E-state index is -0.121. The van der Waals surface area contributed by atoms with Gasteiger partial charge in [-0.1, -0.05) is 59.8 Å². The van der Waals surface area contributed by atoms with E-state index in [9.17, 15) is 4.79 Å². The Bertz CT molecular complexity index is 911. The molecule has 0 saturated carbocycles. The number of amides is 1. The van der Waals surface area contributed by atoms with Gasteiger partial charge in [-0.05, 0) is 24.6 Å². The van der Waals surface area contributed by atoms with Crippen molar-refractivity contribution in [1.82, 2.24) is 4.90 Å². The van der Waals surface area contributed by atoms with Crippen molar-refractivity contribution < 1.29 is 9.21 Å². The lowest BCUT2D eigenvalue weighted by molar-refractivity contribution is 0.0833. The van der Waals surface area contributed by atoms with E-state index in [1.54, 1.807) is 22.7 Å². The SMILES string of the molecule is Cc1ccc(CSC2=NCCN2C(=O)c2cc3ccccc3o2)cc1. The van der Waals surface area contributed by atoms with Gasteiger partial charge in [0.2, 0.25) is 0 Å². The maximum Gasteiger partial charge on any atom is 0.295 e. The maximum atomic E-state index is 12.8. The predicted molar refractivity (Wildman–Crippen MR) is 102 cm³/mol. The highest BCUT2D eigenvalue weighted by molar-refractivity contribution is 8.13. The highest BCUT2D eigenvalue weighted by Gasteiger charge is 2.27. The Morgan fingerprint density at radius 2 is 2.00 bits per heavy atom. The Hall–Kier alpha value is -2.53. The largest absolute Gasteiger partial charge is 0.451 e. The highest BCUT2D eigenvalue weighted by atomic mass is 32.2. The molecule has 2 aromatic carbocycles. The predicted octanol–water partition coefficient (Wildman–Crippen LogP) is 4.49. The van der Waals surface area contributed by atoms with E-state index >= 15 is 0 Å². The molecule has 4 rings (SSSR count). The van der Waals surface area contributed by atoms with E-state index in [4.69, 9.17) is 4.42 Å². The van der Waals surface area contributed by atoms with E-state index in [1.807, 2.05) is 24.3 Å². The molecule has 0 aliphatic carbocycles. The lowest BCUT2D eigenvalue weighted by atomic mass is 10.2. The summed E-state index contributed by atoms with van der Waals surface area (Å²) in [4.78, 5) is 19.0. The van der Waals surface area contributed by atoms with E-state index in [0.29, 0.717) is 18.8 Å². The first-order valence-corrected chi connectivity index (χ1v) is 9.22. The number of amidine groups is 1. The molecule has 25 heavy (non-hydrogen) atoms. The number of para-hydroxylation sites is 1. The van der Waals surface area contributed by atoms with Gasteiger partial charge < -0.3 is 4.42 Å². The molecule has 3 aromatic rings. The molecule has 0 spiro atoms. The number of furan rings is 1. The molecule has 0 atom stereocenters. The molecule has 0 saturated heterocycles. The van der Waals surface area contributed by atoms with Gasteiger partial charge in [-0.2, -0.15) is 0 Å². The standard InChI is InChI=1S/C20H18N2O2S/c1-14-6-8-15(9-7-14)13-25-20-21-10-11-22(20)19(23)18-12-16-4-2-3-5-17(16)24-18/h2-9,12H,10-11,13H2,1H3. The Morgan fingerprint density at radius 1 is 1.20 bits per heavy atom. The number of nitrogens with zero attached hydrogens (tertiary/aromatic N) is 2. The fourth-order valence-electron chi connectivity index (χ4n) is 2.79. The average molecular weight is 350 g/mol. The zero-order valence-corrected chi connectivity index (χ0v) is 14.8. The van der Waals surface area contributed by atoms with Crippen molar-refractivity contribution in [3.63, 3.8) is 0 Å². The zero-order chi connectivity index (χ0) is 17.2. The molecule has 126 valence electrons. The Morgan fingerprint density at radius 3 is 2.80 bits per heavy atom. The second kappa shape index (κ2) is 6.76. The second-order valence-electron chi connectivity index (χ2n) is 6.04. The van der Waals surface area contributed by atoms with Crippen molar-refractivity contribution in [3.05, 3.63) is 71.5 Å². The van der Waals surface area contributed by atoms with Crippen LogP contribution in [0.4, 0.5) is 0 Å². The van der Waals surface area contributed by atoms with Gasteiger partial charge in [0.25, 0.3) is 5.91 Å². The first kappa shape index (κ1) is 16.0. The summed E-state index contributed by atoms with van der Waals surface area (Å²) in [6.45, 7) is 3.32. The molecule has 5 heteroatoms. The summed E-state index contributed by atoms with van der Waals surface area (Å²) in [6.07, 6.45) is 0. The van der Waals surface area contributed by atoms with Crippen molar-refractivity contribution in [3.8, 4) is 0 Å². The number of thioether (sulfide) groups is 1. The van der Waals surface area contributed by atoms with E-state index in [2.05, 4.69) is 36.2 Å². The molecule has 0 unspecified atom stereocenters. The number of aliphatic imine (C=N–C) groups is 1. The molecule has 1 amide bonds. The van der Waals surface area contributed by atoms with Crippen LogP contribution in [-0.2, 0) is 5.75 Å². The zero-order valence-electron chi connectivity index (χ0n) is 13.9. The molecule has 4 nitrogen and oxygen atoms in total. The molecule has 0 bridgehead atoms. The van der Waals surface area contributed by atoms with Crippen LogP contribution in [0.1, 0.15) is 21.7 Å². The topological polar surface area (TPSA) is 45.8 Å². The van der Waals surface area contributed by atoms with Crippen molar-refractivity contribution in [2.45, 2.75) is 12.7 Å². The lowest BCUT2D eigenvalue weighted by Gasteiger charge is -2.16. The van der Waals surface area contributed by atoms with Crippen LogP contribution >= 0.6 is 11.8 Å². The number of carbonyl (C=O) groups excluding carboxylic acids is 1. The smallest absolute Gasteiger partial charge is 0.295 e. The van der Waals surface area contributed by atoms with Crippen LogP contribution in [-0.4, -0.2) is 29.1 Å². The summed E-state index contributed by atoms with van der Waals surface area (Å²) in [5.41, 5.74) is 3.20. The van der Waals surface area contributed by atoms with Crippen LogP contribution in [0.5, 0.6) is 0 Å². The Balaban J connectivity index is 1.48. The number of fused-ring (bicyclic) bond motifs is 1. The van der Waals surface area contributed by atoms with Gasteiger partial charge >= 0.3 is 0 Å². The Labute approximate surface area is 150 Å². The van der Waals surface area contributed by atoms with Crippen LogP contribution in [0.25, 0.3) is 11.0 Å². The average Bonchev–Trinajstić information content (AvgIpc) is 3.27. The van der Waals surface area contributed by atoms with Gasteiger partial charge in [0, 0.05) is 17.7 Å². The third-order valence-corrected chi connectivity index (χ3v) is 5.26. The number of carbonyl (C=O) groups is 1. The molecule has 0 fully saturated rings. The van der Waals surface area contributed by atoms with E-state index < -0.39 is 0 Å². The molecule has 1 aliphatic heterocycles. The number of hydrogen-bond acceptors (Lipinski definition) is 4. The summed E-state index contributed by atoms with van der Waals surface area (Å²) >= 11 is 1.59. The van der Waals surface area contributed by atoms with Crippen LogP contribution in [0.15, 0.2) is 64.0 Å². The third-order valence-electron chi connectivity index (χ3n) is 4.17. The van der Waals surface area contributed by atoms with Crippen molar-refractivity contribution >= 4 is 33.8 Å². The quantitative estimate of drug-likeness (QED) is 0.699. The summed E-state index contributed by atoms with van der Waals surface area (Å²) in [6, 6.07) is 17.9. The van der Waals surface area contributed by atoms with Crippen molar-refractivity contribution in [1.29, 1.82) is 0 Å². The number of rotatable bonds is 3. The number of aryl methyl sites for hydroxylation is 1. The van der Waals surface area contributed by atoms with E-state index in [0.717, 1.165) is 21.9 Å². The number of benzene rings is 2. The van der Waals surface area contributed by atoms with E-state index in [1.165, 1.54) is 11.1 Å². The van der Waals surface area contributed by atoms with E-state index in [-0.39, 0.29) is 5.91 Å². The molecule has 2 heterocycles. The molecular weight excluding hydrogens is 332 g/mol. The van der Waals surface area contributed by atoms with Gasteiger partial charge in [-0.3, -0.25) is 14.7 Å². The second-order valence-corrected chi connectivity index (χ2v) is 6.99. The summed E-state index contributed by atoms with van der Waals surface area (Å²) in [5, 5.41) is 1.71. The maximum absolute atomic E-state index is 12.8. The number of hydrogen-bond donors (Lipinski definition) is 0. The fourth-order valence-corrected chi connectivity index (χ4v) is 3.79. The fraction of sp³-hybridized carbons (Fsp3) is 0.200. The molecular formula is C20H18N2O2S. The monoisotopic (exact) mass is 350 g/mol. The highest BCUT2D eigenvalue weighted by Crippen LogP contribution is 2.24. The van der Waals surface area contributed by atoms with Crippen molar-refractivity contribution in [2.75, 3.05) is 13.1 Å². The summed E-state index contributed by atoms with van der Waals surface area (Å²) in [5.74, 6) is 1.04. The molecule has 0 radical (unpaired) electrons. The van der Waals surface area contributed by atoms with Crippen LogP contribution in [0.2, 0.25) is 0 Å². The van der Waals surface area contributed by atoms with Gasteiger partial charge in [-0.15, -0.1) is 0 Å². The molecule has 1 aliphatic rings.